The number of hydrogen-bond donors (Lipinski definition) is 1. The molecule has 0 fully saturated rings. The van der Waals surface area contributed by atoms with Crippen LogP contribution in [0.25, 0.3) is 0 Å². The zero-order chi connectivity index (χ0) is 15.3. The Bertz CT molecular complexity index is 497. The summed E-state index contributed by atoms with van der Waals surface area (Å²) in [4.78, 5) is 22.3. The summed E-state index contributed by atoms with van der Waals surface area (Å²) in [6.07, 6.45) is -0.950. The number of rotatable bonds is 6. The molecule has 110 valence electrons. The molecule has 1 atom stereocenters. The average Bonchev–Trinajstić information content (AvgIpc) is 2.37. The van der Waals surface area contributed by atoms with Gasteiger partial charge in [0.25, 0.3) is 5.91 Å². The highest BCUT2D eigenvalue weighted by Gasteiger charge is 2.15. The Morgan fingerprint density at radius 1 is 1.25 bits per heavy atom. The van der Waals surface area contributed by atoms with Crippen molar-refractivity contribution in [2.45, 2.75) is 39.7 Å². The molecule has 1 aromatic carbocycles. The van der Waals surface area contributed by atoms with Crippen molar-refractivity contribution in [3.05, 3.63) is 29.3 Å². The molecule has 5 nitrogen and oxygen atoms in total. The Kier molecular flexibility index (Phi) is 5.55. The van der Waals surface area contributed by atoms with E-state index in [9.17, 15) is 9.59 Å². The molecule has 0 aliphatic rings. The number of ether oxygens (including phenoxy) is 2. The highest BCUT2D eigenvalue weighted by atomic mass is 16.6. The van der Waals surface area contributed by atoms with Gasteiger partial charge < -0.3 is 15.2 Å². The second-order valence-corrected chi connectivity index (χ2v) is 5.00. The third kappa shape index (κ3) is 4.57. The van der Waals surface area contributed by atoms with Gasteiger partial charge in [0.1, 0.15) is 5.75 Å². The first-order chi connectivity index (χ1) is 9.31. The number of aryl methyl sites for hydroxylation is 1. The summed E-state index contributed by atoms with van der Waals surface area (Å²) in [7, 11) is 0. The van der Waals surface area contributed by atoms with Crippen LogP contribution in [0.15, 0.2) is 18.2 Å². The number of primary amides is 1. The van der Waals surface area contributed by atoms with E-state index in [-0.39, 0.29) is 6.61 Å². The van der Waals surface area contributed by atoms with Gasteiger partial charge in [-0.25, -0.2) is 4.79 Å². The van der Waals surface area contributed by atoms with Gasteiger partial charge in [0.05, 0.1) is 0 Å². The smallest absolute Gasteiger partial charge is 0.344 e. The van der Waals surface area contributed by atoms with E-state index < -0.39 is 18.0 Å². The molecule has 1 rings (SSSR count). The van der Waals surface area contributed by atoms with Gasteiger partial charge in [-0.15, -0.1) is 0 Å². The van der Waals surface area contributed by atoms with Crippen LogP contribution in [0.3, 0.4) is 0 Å². The number of benzene rings is 1. The maximum Gasteiger partial charge on any atom is 0.344 e. The molecule has 20 heavy (non-hydrogen) atoms. The van der Waals surface area contributed by atoms with E-state index in [1.807, 2.05) is 25.1 Å². The van der Waals surface area contributed by atoms with Gasteiger partial charge in [0, 0.05) is 0 Å². The number of carbonyl (C=O) groups is 2. The molecule has 2 N–H and O–H groups in total. The van der Waals surface area contributed by atoms with Crippen molar-refractivity contribution < 1.29 is 19.1 Å². The van der Waals surface area contributed by atoms with E-state index in [1.54, 1.807) is 0 Å². The van der Waals surface area contributed by atoms with Crippen molar-refractivity contribution >= 4 is 11.9 Å². The van der Waals surface area contributed by atoms with Crippen molar-refractivity contribution in [2.75, 3.05) is 6.61 Å². The Hall–Kier alpha value is -2.04. The first kappa shape index (κ1) is 16.0. The lowest BCUT2D eigenvalue weighted by molar-refractivity contribution is -0.155. The summed E-state index contributed by atoms with van der Waals surface area (Å²) >= 11 is 0. The molecule has 5 heteroatoms. The van der Waals surface area contributed by atoms with Gasteiger partial charge >= 0.3 is 5.97 Å². The van der Waals surface area contributed by atoms with Crippen molar-refractivity contribution in [2.24, 2.45) is 5.73 Å². The number of nitrogens with two attached hydrogens (primary N) is 1. The minimum Gasteiger partial charge on any atom is -0.482 e. The molecular formula is C15H21NO4. The zero-order valence-corrected chi connectivity index (χ0v) is 12.3. The van der Waals surface area contributed by atoms with E-state index in [2.05, 4.69) is 13.8 Å². The third-order valence-corrected chi connectivity index (χ3v) is 2.93. The summed E-state index contributed by atoms with van der Waals surface area (Å²) in [6.45, 7) is 7.23. The molecule has 0 saturated heterocycles. The number of esters is 1. The third-order valence-electron chi connectivity index (χ3n) is 2.93. The van der Waals surface area contributed by atoms with Crippen LogP contribution in [0.1, 0.15) is 37.8 Å². The Labute approximate surface area is 119 Å². The van der Waals surface area contributed by atoms with Gasteiger partial charge in [-0.3, -0.25) is 4.79 Å². The number of carbonyl (C=O) groups excluding carboxylic acids is 2. The van der Waals surface area contributed by atoms with Gasteiger partial charge in [0.15, 0.2) is 12.7 Å². The fourth-order valence-corrected chi connectivity index (χ4v) is 1.56. The second-order valence-electron chi connectivity index (χ2n) is 5.00. The molecule has 0 radical (unpaired) electrons. The van der Waals surface area contributed by atoms with Crippen LogP contribution in [0.4, 0.5) is 0 Å². The zero-order valence-electron chi connectivity index (χ0n) is 12.3. The highest BCUT2D eigenvalue weighted by molar-refractivity contribution is 5.82. The fourth-order valence-electron chi connectivity index (χ4n) is 1.56. The van der Waals surface area contributed by atoms with Gasteiger partial charge in [-0.1, -0.05) is 26.0 Å². The Morgan fingerprint density at radius 2 is 1.90 bits per heavy atom. The SMILES string of the molecule is Cc1ccc(C(C)C)cc1OCC(=O)O[C@H](C)C(N)=O. The lowest BCUT2D eigenvalue weighted by Crippen LogP contribution is -2.32. The maximum absolute atomic E-state index is 11.5. The number of amides is 1. The van der Waals surface area contributed by atoms with Crippen LogP contribution in [0, 0.1) is 6.92 Å². The van der Waals surface area contributed by atoms with Crippen molar-refractivity contribution in [3.8, 4) is 5.75 Å². The predicted octanol–water partition coefficient (Wildman–Crippen LogP) is 1.91. The maximum atomic E-state index is 11.5. The lowest BCUT2D eigenvalue weighted by Gasteiger charge is -2.13. The molecule has 0 heterocycles. The molecule has 0 spiro atoms. The summed E-state index contributed by atoms with van der Waals surface area (Å²) < 4.78 is 10.3. The number of hydrogen-bond acceptors (Lipinski definition) is 4. The van der Waals surface area contributed by atoms with E-state index >= 15 is 0 Å². The highest BCUT2D eigenvalue weighted by Crippen LogP contribution is 2.24. The standard InChI is InChI=1S/C15H21NO4/c1-9(2)12-6-5-10(3)13(7-12)19-8-14(17)20-11(4)15(16)18/h5-7,9,11H,8H2,1-4H3,(H2,16,18)/t11-/m1/s1. The van der Waals surface area contributed by atoms with Crippen molar-refractivity contribution in [1.82, 2.24) is 0 Å². The normalized spacial score (nSPS) is 12.1. The van der Waals surface area contributed by atoms with Gasteiger partial charge in [-0.2, -0.15) is 0 Å². The van der Waals surface area contributed by atoms with E-state index in [4.69, 9.17) is 15.2 Å². The average molecular weight is 279 g/mol. The monoisotopic (exact) mass is 279 g/mol. The fraction of sp³-hybridized carbons (Fsp3) is 0.467. The van der Waals surface area contributed by atoms with Crippen LogP contribution in [-0.2, 0) is 14.3 Å². The van der Waals surface area contributed by atoms with Gasteiger partial charge in [0.2, 0.25) is 0 Å². The summed E-state index contributed by atoms with van der Waals surface area (Å²) in [5.41, 5.74) is 7.08. The van der Waals surface area contributed by atoms with Crippen molar-refractivity contribution in [3.63, 3.8) is 0 Å². The van der Waals surface area contributed by atoms with Crippen molar-refractivity contribution in [1.29, 1.82) is 0 Å². The minimum atomic E-state index is -0.950. The minimum absolute atomic E-state index is 0.250. The molecule has 1 amide bonds. The van der Waals surface area contributed by atoms with Gasteiger partial charge in [-0.05, 0) is 37.0 Å². The molecule has 0 unspecified atom stereocenters. The van der Waals surface area contributed by atoms with Crippen LogP contribution < -0.4 is 10.5 Å². The van der Waals surface area contributed by atoms with E-state index in [1.165, 1.54) is 6.92 Å². The predicted molar refractivity (Wildman–Crippen MR) is 75.5 cm³/mol. The van der Waals surface area contributed by atoms with E-state index in [0.29, 0.717) is 11.7 Å². The lowest BCUT2D eigenvalue weighted by atomic mass is 10.0. The molecule has 0 aliphatic heterocycles. The molecule has 0 aromatic heterocycles. The molecule has 0 aliphatic carbocycles. The first-order valence-corrected chi connectivity index (χ1v) is 6.53. The van der Waals surface area contributed by atoms with Crippen LogP contribution in [0.2, 0.25) is 0 Å². The van der Waals surface area contributed by atoms with Crippen LogP contribution >= 0.6 is 0 Å². The topological polar surface area (TPSA) is 78.6 Å². The summed E-state index contributed by atoms with van der Waals surface area (Å²) in [5, 5.41) is 0. The van der Waals surface area contributed by atoms with E-state index in [0.717, 1.165) is 11.1 Å². The molecule has 0 saturated carbocycles. The Balaban J connectivity index is 2.63. The second kappa shape index (κ2) is 6.93. The molecular weight excluding hydrogens is 258 g/mol. The Morgan fingerprint density at radius 3 is 2.45 bits per heavy atom. The van der Waals surface area contributed by atoms with Crippen LogP contribution in [-0.4, -0.2) is 24.6 Å². The quantitative estimate of drug-likeness (QED) is 0.807. The molecule has 0 bridgehead atoms. The summed E-state index contributed by atoms with van der Waals surface area (Å²) in [5.74, 6) is -0.290. The summed E-state index contributed by atoms with van der Waals surface area (Å²) in [6, 6.07) is 5.88. The molecule has 1 aromatic rings. The van der Waals surface area contributed by atoms with Crippen LogP contribution in [0.5, 0.6) is 5.75 Å². The first-order valence-electron chi connectivity index (χ1n) is 6.53. The largest absolute Gasteiger partial charge is 0.482 e.